The van der Waals surface area contributed by atoms with Crippen molar-refractivity contribution in [3.8, 4) is 0 Å². The summed E-state index contributed by atoms with van der Waals surface area (Å²) in [6.45, 7) is 0.386. The Labute approximate surface area is 80.3 Å². The van der Waals surface area contributed by atoms with Gasteiger partial charge in [-0.2, -0.15) is 5.10 Å². The first kappa shape index (κ1) is 10.2. The zero-order valence-electron chi connectivity index (χ0n) is 7.51. The van der Waals surface area contributed by atoms with Gasteiger partial charge in [0, 0.05) is 19.2 Å². The minimum Gasteiger partial charge on any atom is -0.481 e. The molecule has 14 heavy (non-hydrogen) atoms. The minimum atomic E-state index is -0.863. The zero-order valence-corrected chi connectivity index (χ0v) is 7.51. The third-order valence-corrected chi connectivity index (χ3v) is 1.73. The lowest BCUT2D eigenvalue weighted by Crippen LogP contribution is -2.18. The van der Waals surface area contributed by atoms with Crippen LogP contribution in [-0.4, -0.2) is 26.8 Å². The smallest absolute Gasteiger partial charge is 0.303 e. The first-order chi connectivity index (χ1) is 6.61. The largest absolute Gasteiger partial charge is 0.481 e. The predicted octanol–water partition coefficient (Wildman–Crippen LogP) is -0.153. The molecule has 0 bridgehead atoms. The molecule has 1 amide bonds. The number of amides is 1. The Morgan fingerprint density at radius 1 is 1.57 bits per heavy atom. The molecular weight excluding hydrogens is 186 g/mol. The van der Waals surface area contributed by atoms with Crippen LogP contribution in [0.4, 0.5) is 0 Å². The molecule has 0 aliphatic rings. The number of aryl methyl sites for hydroxylation is 1. The summed E-state index contributed by atoms with van der Waals surface area (Å²) in [4.78, 5) is 21.1. The third-order valence-electron chi connectivity index (χ3n) is 1.73. The molecule has 0 saturated heterocycles. The topological polar surface area (TPSA) is 98.2 Å². The second-order valence-corrected chi connectivity index (χ2v) is 2.80. The Balaban J connectivity index is 2.54. The lowest BCUT2D eigenvalue weighted by Gasteiger charge is -2.02. The van der Waals surface area contributed by atoms with Crippen LogP contribution in [0, 0.1) is 0 Å². The molecule has 0 atom stereocenters. The SMILES string of the molecule is NC(=O)c1ccnn1CCCC(=O)O. The molecule has 0 spiro atoms. The van der Waals surface area contributed by atoms with Gasteiger partial charge in [0.15, 0.2) is 0 Å². The van der Waals surface area contributed by atoms with Crippen LogP contribution in [0.3, 0.4) is 0 Å². The Hall–Kier alpha value is -1.85. The lowest BCUT2D eigenvalue weighted by molar-refractivity contribution is -0.137. The van der Waals surface area contributed by atoms with Gasteiger partial charge in [0.1, 0.15) is 5.69 Å². The van der Waals surface area contributed by atoms with E-state index in [1.807, 2.05) is 0 Å². The first-order valence-electron chi connectivity index (χ1n) is 4.14. The molecule has 0 fully saturated rings. The zero-order chi connectivity index (χ0) is 10.6. The van der Waals surface area contributed by atoms with Crippen molar-refractivity contribution in [3.63, 3.8) is 0 Å². The number of nitrogens with two attached hydrogens (primary N) is 1. The Morgan fingerprint density at radius 3 is 2.86 bits per heavy atom. The third kappa shape index (κ3) is 2.58. The van der Waals surface area contributed by atoms with Gasteiger partial charge in [-0.05, 0) is 12.5 Å². The maximum absolute atomic E-state index is 10.8. The van der Waals surface area contributed by atoms with Gasteiger partial charge in [-0.15, -0.1) is 0 Å². The Morgan fingerprint density at radius 2 is 2.29 bits per heavy atom. The predicted molar refractivity (Wildman–Crippen MR) is 47.6 cm³/mol. The molecule has 0 aliphatic carbocycles. The number of carboxylic acids is 1. The quantitative estimate of drug-likeness (QED) is 0.685. The number of hydrogen-bond acceptors (Lipinski definition) is 3. The summed E-state index contributed by atoms with van der Waals surface area (Å²) < 4.78 is 1.41. The van der Waals surface area contributed by atoms with Crippen LogP contribution in [0.5, 0.6) is 0 Å². The van der Waals surface area contributed by atoms with Crippen molar-refractivity contribution < 1.29 is 14.7 Å². The number of carbonyl (C=O) groups is 2. The van der Waals surface area contributed by atoms with Gasteiger partial charge in [-0.25, -0.2) is 0 Å². The first-order valence-corrected chi connectivity index (χ1v) is 4.14. The monoisotopic (exact) mass is 197 g/mol. The van der Waals surface area contributed by atoms with Crippen LogP contribution < -0.4 is 5.73 Å². The number of rotatable bonds is 5. The van der Waals surface area contributed by atoms with Gasteiger partial charge < -0.3 is 10.8 Å². The van der Waals surface area contributed by atoms with Gasteiger partial charge in [0.05, 0.1) is 0 Å². The average molecular weight is 197 g/mol. The highest BCUT2D eigenvalue weighted by Crippen LogP contribution is 2.00. The van der Waals surface area contributed by atoms with Gasteiger partial charge in [0.2, 0.25) is 0 Å². The Kier molecular flexibility index (Phi) is 3.22. The van der Waals surface area contributed by atoms with Gasteiger partial charge in [0.25, 0.3) is 5.91 Å². The summed E-state index contributed by atoms with van der Waals surface area (Å²) >= 11 is 0. The summed E-state index contributed by atoms with van der Waals surface area (Å²) in [5.41, 5.74) is 5.38. The average Bonchev–Trinajstić information content (AvgIpc) is 2.51. The highest BCUT2D eigenvalue weighted by molar-refractivity contribution is 5.90. The fourth-order valence-electron chi connectivity index (χ4n) is 1.10. The molecule has 0 radical (unpaired) electrons. The molecule has 6 heteroatoms. The number of primary amides is 1. The van der Waals surface area contributed by atoms with Gasteiger partial charge in [-0.3, -0.25) is 14.3 Å². The van der Waals surface area contributed by atoms with Crippen molar-refractivity contribution in [2.24, 2.45) is 5.73 Å². The molecule has 0 aliphatic heterocycles. The van der Waals surface area contributed by atoms with E-state index in [4.69, 9.17) is 10.8 Å². The molecular formula is C8H11N3O3. The summed E-state index contributed by atoms with van der Waals surface area (Å²) in [6, 6.07) is 1.50. The molecule has 6 nitrogen and oxygen atoms in total. The second-order valence-electron chi connectivity index (χ2n) is 2.80. The van der Waals surface area contributed by atoms with Crippen molar-refractivity contribution in [3.05, 3.63) is 18.0 Å². The molecule has 0 unspecified atom stereocenters. The number of carboxylic acid groups (broad SMARTS) is 1. The van der Waals surface area contributed by atoms with Crippen LogP contribution in [0.1, 0.15) is 23.3 Å². The van der Waals surface area contributed by atoms with Crippen LogP contribution in [0.15, 0.2) is 12.3 Å². The normalized spacial score (nSPS) is 10.0. The lowest BCUT2D eigenvalue weighted by atomic mass is 10.3. The fourth-order valence-corrected chi connectivity index (χ4v) is 1.10. The standard InChI is InChI=1S/C8H11N3O3/c9-8(14)6-3-4-10-11(6)5-1-2-7(12)13/h3-4H,1-2,5H2,(H2,9,14)(H,12,13). The van der Waals surface area contributed by atoms with Crippen LogP contribution in [-0.2, 0) is 11.3 Å². The van der Waals surface area contributed by atoms with Crippen LogP contribution >= 0.6 is 0 Å². The molecule has 1 rings (SSSR count). The van der Waals surface area contributed by atoms with E-state index in [0.717, 1.165) is 0 Å². The van der Waals surface area contributed by atoms with E-state index in [2.05, 4.69) is 5.10 Å². The van der Waals surface area contributed by atoms with Crippen LogP contribution in [0.25, 0.3) is 0 Å². The molecule has 3 N–H and O–H groups in total. The summed E-state index contributed by atoms with van der Waals surface area (Å²) in [5.74, 6) is -1.42. The summed E-state index contributed by atoms with van der Waals surface area (Å²) in [6.07, 6.45) is 1.94. The van der Waals surface area contributed by atoms with E-state index in [1.54, 1.807) is 0 Å². The van der Waals surface area contributed by atoms with E-state index in [1.165, 1.54) is 16.9 Å². The van der Waals surface area contributed by atoms with Gasteiger partial charge >= 0.3 is 5.97 Å². The maximum Gasteiger partial charge on any atom is 0.303 e. The highest BCUT2D eigenvalue weighted by Gasteiger charge is 2.07. The van der Waals surface area contributed by atoms with E-state index < -0.39 is 11.9 Å². The number of carbonyl (C=O) groups excluding carboxylic acids is 1. The van der Waals surface area contributed by atoms with E-state index in [9.17, 15) is 9.59 Å². The fraction of sp³-hybridized carbons (Fsp3) is 0.375. The van der Waals surface area contributed by atoms with Crippen molar-refractivity contribution in [1.82, 2.24) is 9.78 Å². The molecule has 1 aromatic heterocycles. The molecule has 76 valence electrons. The maximum atomic E-state index is 10.8. The molecule has 0 saturated carbocycles. The van der Waals surface area contributed by atoms with Gasteiger partial charge in [-0.1, -0.05) is 0 Å². The van der Waals surface area contributed by atoms with Crippen molar-refractivity contribution >= 4 is 11.9 Å². The number of nitrogens with zero attached hydrogens (tertiary/aromatic N) is 2. The van der Waals surface area contributed by atoms with E-state index in [-0.39, 0.29) is 6.42 Å². The minimum absolute atomic E-state index is 0.0536. The van der Waals surface area contributed by atoms with Crippen molar-refractivity contribution in [2.75, 3.05) is 0 Å². The molecule has 0 aromatic carbocycles. The summed E-state index contributed by atoms with van der Waals surface area (Å²) in [5, 5.41) is 12.3. The highest BCUT2D eigenvalue weighted by atomic mass is 16.4. The Bertz CT molecular complexity index is 345. The van der Waals surface area contributed by atoms with E-state index in [0.29, 0.717) is 18.7 Å². The number of aliphatic carboxylic acids is 1. The second kappa shape index (κ2) is 4.40. The number of aromatic nitrogens is 2. The summed E-state index contributed by atoms with van der Waals surface area (Å²) in [7, 11) is 0. The number of hydrogen-bond donors (Lipinski definition) is 2. The molecule has 1 heterocycles. The van der Waals surface area contributed by atoms with Crippen molar-refractivity contribution in [2.45, 2.75) is 19.4 Å². The van der Waals surface area contributed by atoms with Crippen LogP contribution in [0.2, 0.25) is 0 Å². The van der Waals surface area contributed by atoms with E-state index >= 15 is 0 Å². The van der Waals surface area contributed by atoms with Crippen molar-refractivity contribution in [1.29, 1.82) is 0 Å². The molecule has 1 aromatic rings.